The van der Waals surface area contributed by atoms with E-state index in [1.807, 2.05) is 24.0 Å². The molecular weight excluding hydrogens is 387 g/mol. The Morgan fingerprint density at radius 1 is 1.21 bits per heavy atom. The minimum Gasteiger partial charge on any atom is -0.489 e. The third-order valence-corrected chi connectivity index (χ3v) is 4.05. The van der Waals surface area contributed by atoms with Crippen molar-refractivity contribution in [3.63, 3.8) is 0 Å². The molecule has 0 aliphatic carbocycles. The monoisotopic (exact) mass is 411 g/mol. The Balaban J connectivity index is 2.11. The number of carbonyl (C=O) groups is 1. The average molecular weight is 411 g/mol. The van der Waals surface area contributed by atoms with Gasteiger partial charge in [0.15, 0.2) is 0 Å². The summed E-state index contributed by atoms with van der Waals surface area (Å²) in [4.78, 5) is 18.5. The first-order valence-corrected chi connectivity index (χ1v) is 9.08. The van der Waals surface area contributed by atoms with Crippen LogP contribution < -0.4 is 10.1 Å². The molecule has 29 heavy (non-hydrogen) atoms. The van der Waals surface area contributed by atoms with Gasteiger partial charge in [0.2, 0.25) is 5.91 Å². The van der Waals surface area contributed by atoms with Crippen LogP contribution in [0.2, 0.25) is 0 Å². The second-order valence-corrected chi connectivity index (χ2v) is 6.22. The highest BCUT2D eigenvalue weighted by molar-refractivity contribution is 5.93. The number of amides is 1. The zero-order valence-electron chi connectivity index (χ0n) is 16.3. The van der Waals surface area contributed by atoms with Crippen LogP contribution in [0.4, 0.5) is 18.9 Å². The van der Waals surface area contributed by atoms with Crippen LogP contribution in [0, 0.1) is 0 Å². The van der Waals surface area contributed by atoms with Gasteiger partial charge in [0.1, 0.15) is 12.4 Å². The number of hydrogen-bond donors (Lipinski definition) is 1. The lowest BCUT2D eigenvalue weighted by molar-refractivity contribution is -0.137. The molecule has 2 aromatic rings. The maximum Gasteiger partial charge on any atom is 0.416 e. The maximum absolute atomic E-state index is 13.1. The zero-order valence-corrected chi connectivity index (χ0v) is 16.3. The number of aromatic nitrogens is 1. The molecule has 0 spiro atoms. The van der Waals surface area contributed by atoms with Crippen molar-refractivity contribution in [2.75, 3.05) is 38.7 Å². The highest BCUT2D eigenvalue weighted by Gasteiger charge is 2.31. The van der Waals surface area contributed by atoms with Crippen molar-refractivity contribution in [3.05, 3.63) is 53.9 Å². The molecular formula is C20H24F3N3O3. The van der Waals surface area contributed by atoms with Gasteiger partial charge in [-0.05, 0) is 36.9 Å². The van der Waals surface area contributed by atoms with Crippen LogP contribution >= 0.6 is 0 Å². The van der Waals surface area contributed by atoms with Gasteiger partial charge in [0.05, 0.1) is 30.1 Å². The fourth-order valence-corrected chi connectivity index (χ4v) is 2.56. The Morgan fingerprint density at radius 3 is 2.62 bits per heavy atom. The summed E-state index contributed by atoms with van der Waals surface area (Å²) in [6.45, 7) is 3.32. The number of halogens is 3. The Kier molecular flexibility index (Phi) is 8.41. The third-order valence-electron chi connectivity index (χ3n) is 4.05. The SMILES string of the molecule is CCN(CC(=O)Nc1cc(C(F)(F)F)ccc1OCCOC)Cc1ccccn1. The second-order valence-electron chi connectivity index (χ2n) is 6.22. The van der Waals surface area contributed by atoms with Crippen molar-refractivity contribution in [1.82, 2.24) is 9.88 Å². The van der Waals surface area contributed by atoms with E-state index in [1.165, 1.54) is 13.2 Å². The molecule has 1 heterocycles. The summed E-state index contributed by atoms with van der Waals surface area (Å²) < 4.78 is 49.5. The molecule has 0 saturated carbocycles. The predicted octanol–water partition coefficient (Wildman–Crippen LogP) is 3.59. The molecule has 0 atom stereocenters. The van der Waals surface area contributed by atoms with Crippen LogP contribution in [0.15, 0.2) is 42.6 Å². The van der Waals surface area contributed by atoms with Crippen molar-refractivity contribution in [3.8, 4) is 5.75 Å². The highest BCUT2D eigenvalue weighted by Crippen LogP contribution is 2.35. The van der Waals surface area contributed by atoms with Gasteiger partial charge in [0, 0.05) is 19.9 Å². The Morgan fingerprint density at radius 2 is 2.00 bits per heavy atom. The van der Waals surface area contributed by atoms with E-state index in [0.717, 1.165) is 17.8 Å². The Bertz CT molecular complexity index is 786. The lowest BCUT2D eigenvalue weighted by Crippen LogP contribution is -2.33. The molecule has 158 valence electrons. The summed E-state index contributed by atoms with van der Waals surface area (Å²) in [5.74, 6) is -0.296. The summed E-state index contributed by atoms with van der Waals surface area (Å²) in [7, 11) is 1.49. The van der Waals surface area contributed by atoms with E-state index in [4.69, 9.17) is 9.47 Å². The molecule has 0 bridgehead atoms. The number of alkyl halides is 3. The van der Waals surface area contributed by atoms with Crippen LogP contribution in [0.3, 0.4) is 0 Å². The normalized spacial score (nSPS) is 11.5. The highest BCUT2D eigenvalue weighted by atomic mass is 19.4. The number of pyridine rings is 1. The standard InChI is InChI=1S/C20H24F3N3O3/c1-3-26(13-16-6-4-5-9-24-16)14-19(27)25-17-12-15(20(21,22)23)7-8-18(17)29-11-10-28-2/h4-9,12H,3,10-11,13-14H2,1-2H3,(H,25,27). The third kappa shape index (κ3) is 7.35. The molecule has 0 aliphatic rings. The molecule has 0 fully saturated rings. The van der Waals surface area contributed by atoms with Crippen LogP contribution in [0.1, 0.15) is 18.2 Å². The lowest BCUT2D eigenvalue weighted by Gasteiger charge is -2.20. The van der Waals surface area contributed by atoms with E-state index in [2.05, 4.69) is 10.3 Å². The van der Waals surface area contributed by atoms with Crippen molar-refractivity contribution in [1.29, 1.82) is 0 Å². The zero-order chi connectivity index (χ0) is 21.3. The molecule has 1 amide bonds. The molecule has 1 aromatic carbocycles. The Labute approximate surface area is 167 Å². The number of anilines is 1. The van der Waals surface area contributed by atoms with E-state index in [-0.39, 0.29) is 31.2 Å². The number of ether oxygens (including phenoxy) is 2. The van der Waals surface area contributed by atoms with Crippen molar-refractivity contribution >= 4 is 11.6 Å². The van der Waals surface area contributed by atoms with Gasteiger partial charge in [-0.25, -0.2) is 0 Å². The van der Waals surface area contributed by atoms with Gasteiger partial charge in [-0.15, -0.1) is 0 Å². The van der Waals surface area contributed by atoms with E-state index in [9.17, 15) is 18.0 Å². The summed E-state index contributed by atoms with van der Waals surface area (Å²) in [6.07, 6.45) is -2.87. The molecule has 6 nitrogen and oxygen atoms in total. The first kappa shape index (κ1) is 22.6. The molecule has 9 heteroatoms. The topological polar surface area (TPSA) is 63.7 Å². The number of likely N-dealkylation sites (N-methyl/N-ethyl adjacent to an activating group) is 1. The molecule has 1 N–H and O–H groups in total. The summed E-state index contributed by atoms with van der Waals surface area (Å²) in [6, 6.07) is 8.47. The van der Waals surface area contributed by atoms with Crippen LogP contribution in [0.5, 0.6) is 5.75 Å². The smallest absolute Gasteiger partial charge is 0.416 e. The predicted molar refractivity (Wildman–Crippen MR) is 103 cm³/mol. The minimum absolute atomic E-state index is 0.000824. The van der Waals surface area contributed by atoms with E-state index < -0.39 is 17.6 Å². The summed E-state index contributed by atoms with van der Waals surface area (Å²) in [5.41, 5.74) is -0.104. The quantitative estimate of drug-likeness (QED) is 0.606. The molecule has 2 rings (SSSR count). The van der Waals surface area contributed by atoms with Gasteiger partial charge < -0.3 is 14.8 Å². The maximum atomic E-state index is 13.1. The number of nitrogens with one attached hydrogen (secondary N) is 1. The number of rotatable bonds is 10. The first-order valence-electron chi connectivity index (χ1n) is 9.08. The van der Waals surface area contributed by atoms with Crippen LogP contribution in [-0.2, 0) is 22.3 Å². The molecule has 0 aliphatic heterocycles. The number of hydrogen-bond acceptors (Lipinski definition) is 5. The molecule has 0 saturated heterocycles. The van der Waals surface area contributed by atoms with Gasteiger partial charge in [-0.1, -0.05) is 13.0 Å². The number of nitrogens with zero attached hydrogens (tertiary/aromatic N) is 2. The minimum atomic E-state index is -4.53. The number of benzene rings is 1. The van der Waals surface area contributed by atoms with Crippen molar-refractivity contribution in [2.45, 2.75) is 19.6 Å². The van der Waals surface area contributed by atoms with Gasteiger partial charge in [0.25, 0.3) is 0 Å². The van der Waals surface area contributed by atoms with Gasteiger partial charge in [-0.2, -0.15) is 13.2 Å². The van der Waals surface area contributed by atoms with Crippen molar-refractivity contribution < 1.29 is 27.4 Å². The van der Waals surface area contributed by atoms with E-state index in [0.29, 0.717) is 13.1 Å². The van der Waals surface area contributed by atoms with E-state index >= 15 is 0 Å². The lowest BCUT2D eigenvalue weighted by atomic mass is 10.1. The second kappa shape index (κ2) is 10.8. The van der Waals surface area contributed by atoms with Gasteiger partial charge >= 0.3 is 6.18 Å². The fraction of sp³-hybridized carbons (Fsp3) is 0.400. The first-order chi connectivity index (χ1) is 13.8. The summed E-state index contributed by atoms with van der Waals surface area (Å²) in [5, 5.41) is 2.53. The van der Waals surface area contributed by atoms with Crippen LogP contribution in [0.25, 0.3) is 0 Å². The largest absolute Gasteiger partial charge is 0.489 e. The molecule has 0 unspecified atom stereocenters. The summed E-state index contributed by atoms with van der Waals surface area (Å²) >= 11 is 0. The number of methoxy groups -OCH3 is 1. The van der Waals surface area contributed by atoms with Crippen molar-refractivity contribution in [2.24, 2.45) is 0 Å². The van der Waals surface area contributed by atoms with E-state index in [1.54, 1.807) is 12.3 Å². The Hall–Kier alpha value is -2.65. The molecule has 0 radical (unpaired) electrons. The van der Waals surface area contributed by atoms with Crippen LogP contribution in [-0.4, -0.2) is 49.2 Å². The average Bonchev–Trinajstić information content (AvgIpc) is 2.68. The fourth-order valence-electron chi connectivity index (χ4n) is 2.56. The number of carbonyl (C=O) groups excluding carboxylic acids is 1. The van der Waals surface area contributed by atoms with Gasteiger partial charge in [-0.3, -0.25) is 14.7 Å². The molecule has 1 aromatic heterocycles.